The Balaban J connectivity index is 1.61. The fraction of sp³-hybridized carbons (Fsp3) is 0.500. The molecule has 1 aliphatic heterocycles. The molecule has 2 amide bonds. The first kappa shape index (κ1) is 15.8. The van der Waals surface area contributed by atoms with E-state index in [4.69, 9.17) is 16.9 Å². The van der Waals surface area contributed by atoms with Crippen LogP contribution in [0.25, 0.3) is 0 Å². The molecule has 1 saturated heterocycles. The molecule has 1 saturated carbocycles. The van der Waals surface area contributed by atoms with Crippen molar-refractivity contribution in [1.82, 2.24) is 15.2 Å². The smallest absolute Gasteiger partial charge is 0.274 e. The molecule has 1 atom stereocenters. The maximum Gasteiger partial charge on any atom is 0.274 e. The highest BCUT2D eigenvalue weighted by atomic mass is 35.5. The van der Waals surface area contributed by atoms with Crippen LogP contribution in [0.3, 0.4) is 0 Å². The van der Waals surface area contributed by atoms with Crippen LogP contribution in [0.2, 0.25) is 5.02 Å². The number of halogens is 1. The van der Waals surface area contributed by atoms with Gasteiger partial charge in [-0.3, -0.25) is 9.59 Å². The number of aromatic nitrogens is 1. The highest BCUT2D eigenvalue weighted by molar-refractivity contribution is 6.33. The number of rotatable bonds is 3. The van der Waals surface area contributed by atoms with Gasteiger partial charge in [-0.25, -0.2) is 4.98 Å². The normalized spacial score (nSPS) is 20.7. The second-order valence-electron chi connectivity index (χ2n) is 6.04. The SMILES string of the molecule is N#Cc1cnc(C(=O)N2CCC(NC(=O)C3CCC3)C2)c(Cl)c1. The van der Waals surface area contributed by atoms with Gasteiger partial charge in [-0.15, -0.1) is 0 Å². The van der Waals surface area contributed by atoms with Crippen molar-refractivity contribution in [3.8, 4) is 6.07 Å². The lowest BCUT2D eigenvalue weighted by molar-refractivity contribution is -0.128. The van der Waals surface area contributed by atoms with Crippen LogP contribution in [0.15, 0.2) is 12.3 Å². The van der Waals surface area contributed by atoms with Gasteiger partial charge in [-0.05, 0) is 25.3 Å². The fourth-order valence-corrected chi connectivity index (χ4v) is 3.11. The molecular formula is C16H17ClN4O2. The van der Waals surface area contributed by atoms with Gasteiger partial charge < -0.3 is 10.2 Å². The van der Waals surface area contributed by atoms with Gasteiger partial charge in [0.1, 0.15) is 11.8 Å². The zero-order valence-corrected chi connectivity index (χ0v) is 13.3. The highest BCUT2D eigenvalue weighted by Crippen LogP contribution is 2.27. The third-order valence-corrected chi connectivity index (χ3v) is 4.76. The van der Waals surface area contributed by atoms with E-state index in [1.807, 2.05) is 6.07 Å². The van der Waals surface area contributed by atoms with Crippen LogP contribution in [-0.4, -0.2) is 40.8 Å². The molecule has 1 aromatic heterocycles. The van der Waals surface area contributed by atoms with Crippen molar-refractivity contribution in [3.05, 3.63) is 28.5 Å². The lowest BCUT2D eigenvalue weighted by Crippen LogP contribution is -2.43. The van der Waals surface area contributed by atoms with Crippen LogP contribution in [0.4, 0.5) is 0 Å². The third kappa shape index (κ3) is 3.30. The topological polar surface area (TPSA) is 86.1 Å². The summed E-state index contributed by atoms with van der Waals surface area (Å²) >= 11 is 6.04. The monoisotopic (exact) mass is 332 g/mol. The van der Waals surface area contributed by atoms with Gasteiger partial charge in [0.15, 0.2) is 0 Å². The molecule has 2 aliphatic rings. The quantitative estimate of drug-likeness (QED) is 0.913. The predicted octanol–water partition coefficient (Wildman–Crippen LogP) is 1.74. The lowest BCUT2D eigenvalue weighted by atomic mass is 9.84. The molecule has 1 unspecified atom stereocenters. The number of nitrogens with zero attached hydrogens (tertiary/aromatic N) is 3. The molecule has 120 valence electrons. The summed E-state index contributed by atoms with van der Waals surface area (Å²) in [6.45, 7) is 1.03. The van der Waals surface area contributed by atoms with Crippen LogP contribution >= 0.6 is 11.6 Å². The average molecular weight is 333 g/mol. The first-order valence-electron chi connectivity index (χ1n) is 7.74. The summed E-state index contributed by atoms with van der Waals surface area (Å²) in [6, 6.07) is 3.36. The number of amides is 2. The molecule has 3 rings (SSSR count). The number of carbonyl (C=O) groups is 2. The first-order chi connectivity index (χ1) is 11.1. The van der Waals surface area contributed by atoms with Crippen LogP contribution in [0.5, 0.6) is 0 Å². The van der Waals surface area contributed by atoms with E-state index in [1.165, 1.54) is 12.3 Å². The Morgan fingerprint density at radius 1 is 1.39 bits per heavy atom. The van der Waals surface area contributed by atoms with Crippen molar-refractivity contribution in [2.45, 2.75) is 31.7 Å². The van der Waals surface area contributed by atoms with E-state index in [-0.39, 0.29) is 34.5 Å². The molecule has 6 nitrogen and oxygen atoms in total. The van der Waals surface area contributed by atoms with Crippen molar-refractivity contribution in [2.24, 2.45) is 5.92 Å². The van der Waals surface area contributed by atoms with Gasteiger partial charge in [0.2, 0.25) is 5.91 Å². The lowest BCUT2D eigenvalue weighted by Gasteiger charge is -2.26. The number of nitriles is 1. The maximum atomic E-state index is 12.5. The zero-order valence-electron chi connectivity index (χ0n) is 12.6. The summed E-state index contributed by atoms with van der Waals surface area (Å²) in [5.41, 5.74) is 0.468. The van der Waals surface area contributed by atoms with Gasteiger partial charge in [0.25, 0.3) is 5.91 Å². The predicted molar refractivity (Wildman–Crippen MR) is 83.8 cm³/mol. The summed E-state index contributed by atoms with van der Waals surface area (Å²) in [5.74, 6) is -0.0145. The van der Waals surface area contributed by atoms with Gasteiger partial charge in [0, 0.05) is 31.2 Å². The van der Waals surface area contributed by atoms with Crippen molar-refractivity contribution >= 4 is 23.4 Å². The van der Waals surface area contributed by atoms with Crippen LogP contribution in [-0.2, 0) is 4.79 Å². The van der Waals surface area contributed by atoms with E-state index >= 15 is 0 Å². The van der Waals surface area contributed by atoms with Gasteiger partial charge in [-0.2, -0.15) is 5.26 Å². The summed E-state index contributed by atoms with van der Waals surface area (Å²) in [7, 11) is 0. The summed E-state index contributed by atoms with van der Waals surface area (Å²) in [5, 5.41) is 12.0. The van der Waals surface area contributed by atoms with Crippen LogP contribution in [0.1, 0.15) is 41.7 Å². The molecule has 7 heteroatoms. The van der Waals surface area contributed by atoms with Crippen molar-refractivity contribution in [2.75, 3.05) is 13.1 Å². The summed E-state index contributed by atoms with van der Waals surface area (Å²) in [6.07, 6.45) is 5.12. The number of hydrogen-bond acceptors (Lipinski definition) is 4. The Morgan fingerprint density at radius 3 is 2.78 bits per heavy atom. The largest absolute Gasteiger partial charge is 0.351 e. The van der Waals surface area contributed by atoms with Crippen LogP contribution in [0, 0.1) is 17.2 Å². The standard InChI is InChI=1S/C16H17ClN4O2/c17-13-6-10(7-18)8-19-14(13)16(23)21-5-4-12(9-21)20-15(22)11-2-1-3-11/h6,8,11-12H,1-5,9H2,(H,20,22). The van der Waals surface area contributed by atoms with E-state index in [0.717, 1.165) is 25.7 Å². The third-order valence-electron chi connectivity index (χ3n) is 4.47. The van der Waals surface area contributed by atoms with Crippen LogP contribution < -0.4 is 5.32 Å². The molecular weight excluding hydrogens is 316 g/mol. The maximum absolute atomic E-state index is 12.5. The first-order valence-corrected chi connectivity index (χ1v) is 8.11. The number of likely N-dealkylation sites (tertiary alicyclic amines) is 1. The Morgan fingerprint density at radius 2 is 2.17 bits per heavy atom. The molecule has 0 aromatic carbocycles. The highest BCUT2D eigenvalue weighted by Gasteiger charge is 2.32. The number of nitrogens with one attached hydrogen (secondary N) is 1. The number of hydrogen-bond donors (Lipinski definition) is 1. The minimum Gasteiger partial charge on any atom is -0.351 e. The Labute approximate surface area is 139 Å². The second-order valence-corrected chi connectivity index (χ2v) is 6.45. The molecule has 1 aliphatic carbocycles. The van der Waals surface area contributed by atoms with E-state index in [9.17, 15) is 9.59 Å². The van der Waals surface area contributed by atoms with Gasteiger partial charge in [-0.1, -0.05) is 18.0 Å². The molecule has 0 spiro atoms. The number of carbonyl (C=O) groups excluding carboxylic acids is 2. The van der Waals surface area contributed by atoms with Gasteiger partial charge in [0.05, 0.1) is 10.6 Å². The molecule has 1 N–H and O–H groups in total. The molecule has 23 heavy (non-hydrogen) atoms. The van der Waals surface area contributed by atoms with E-state index in [2.05, 4.69) is 10.3 Å². The summed E-state index contributed by atoms with van der Waals surface area (Å²) < 4.78 is 0. The van der Waals surface area contributed by atoms with E-state index in [1.54, 1.807) is 4.90 Å². The molecule has 0 radical (unpaired) electrons. The minimum atomic E-state index is -0.264. The Hall–Kier alpha value is -2.13. The van der Waals surface area contributed by atoms with Crippen molar-refractivity contribution in [3.63, 3.8) is 0 Å². The second kappa shape index (κ2) is 6.55. The molecule has 2 heterocycles. The molecule has 1 aromatic rings. The summed E-state index contributed by atoms with van der Waals surface area (Å²) in [4.78, 5) is 30.1. The fourth-order valence-electron chi connectivity index (χ4n) is 2.86. The van der Waals surface area contributed by atoms with E-state index in [0.29, 0.717) is 18.7 Å². The van der Waals surface area contributed by atoms with Gasteiger partial charge >= 0.3 is 0 Å². The van der Waals surface area contributed by atoms with Crippen molar-refractivity contribution in [1.29, 1.82) is 5.26 Å². The number of pyridine rings is 1. The van der Waals surface area contributed by atoms with E-state index < -0.39 is 0 Å². The molecule has 2 fully saturated rings. The zero-order chi connectivity index (χ0) is 16.4. The Bertz CT molecular complexity index is 681. The van der Waals surface area contributed by atoms with Crippen molar-refractivity contribution < 1.29 is 9.59 Å². The molecule has 0 bridgehead atoms. The minimum absolute atomic E-state index is 0.00999. The average Bonchev–Trinajstić information content (AvgIpc) is 2.93. The Kier molecular flexibility index (Phi) is 4.49.